The fraction of sp³-hybridized carbons (Fsp3) is 0.267. The molecular formula is C30H31ClN4OS. The van der Waals surface area contributed by atoms with Crippen LogP contribution in [0, 0.1) is 6.92 Å². The number of aryl methyl sites for hydroxylation is 1. The predicted octanol–water partition coefficient (Wildman–Crippen LogP) is 6.36. The summed E-state index contributed by atoms with van der Waals surface area (Å²) in [5.74, 6) is -0.0970. The highest BCUT2D eigenvalue weighted by Crippen LogP contribution is 2.26. The van der Waals surface area contributed by atoms with Gasteiger partial charge in [0, 0.05) is 66.4 Å². The second-order valence-corrected chi connectivity index (χ2v) is 11.1. The Morgan fingerprint density at radius 1 is 1.00 bits per heavy atom. The largest absolute Gasteiger partial charge is 0.322 e. The van der Waals surface area contributed by atoms with Gasteiger partial charge in [-0.1, -0.05) is 41.9 Å². The van der Waals surface area contributed by atoms with Gasteiger partial charge >= 0.3 is 0 Å². The third kappa shape index (κ3) is 6.65. The lowest BCUT2D eigenvalue weighted by atomic mass is 10.0. The summed E-state index contributed by atoms with van der Waals surface area (Å²) in [5, 5.41) is 6.90. The summed E-state index contributed by atoms with van der Waals surface area (Å²) < 4.78 is 0. The Bertz CT molecular complexity index is 1360. The summed E-state index contributed by atoms with van der Waals surface area (Å²) in [4.78, 5) is 22.6. The summed E-state index contributed by atoms with van der Waals surface area (Å²) in [6, 6.07) is 21.8. The molecule has 190 valence electrons. The van der Waals surface area contributed by atoms with Crippen LogP contribution in [0.5, 0.6) is 0 Å². The molecule has 1 fully saturated rings. The minimum absolute atomic E-state index is 0.0970. The number of halogens is 1. The monoisotopic (exact) mass is 530 g/mol. The first-order valence-corrected chi connectivity index (χ1v) is 13.8. The van der Waals surface area contributed by atoms with Crippen LogP contribution < -0.4 is 5.32 Å². The van der Waals surface area contributed by atoms with E-state index in [1.807, 2.05) is 42.5 Å². The van der Waals surface area contributed by atoms with Gasteiger partial charge in [0.15, 0.2) is 0 Å². The maximum atomic E-state index is 12.9. The number of nitrogens with one attached hydrogen (secondary N) is 1. The standard InChI is InChI=1S/C30H31ClN4OS/c1-21-3-12-27(17-25(21)18-29-33-28(20-37-29)23-8-10-26(31)11-9-23)32-30(36)24-6-4-22(5-7-24)19-35-15-13-34(2)14-16-35/h3-12,17,20H,13-16,18-19H2,1-2H3,(H,32,36). The van der Waals surface area contributed by atoms with Crippen LogP contribution in [-0.4, -0.2) is 53.9 Å². The first kappa shape index (κ1) is 25.6. The summed E-state index contributed by atoms with van der Waals surface area (Å²) >= 11 is 7.66. The van der Waals surface area contributed by atoms with E-state index >= 15 is 0 Å². The fourth-order valence-corrected chi connectivity index (χ4v) is 5.43. The maximum absolute atomic E-state index is 12.9. The van der Waals surface area contributed by atoms with Crippen molar-refractivity contribution in [3.63, 3.8) is 0 Å². The second-order valence-electron chi connectivity index (χ2n) is 9.68. The van der Waals surface area contributed by atoms with Gasteiger partial charge in [0.05, 0.1) is 10.7 Å². The number of hydrogen-bond donors (Lipinski definition) is 1. The Morgan fingerprint density at radius 3 is 2.46 bits per heavy atom. The van der Waals surface area contributed by atoms with E-state index in [0.717, 1.165) is 71.7 Å². The average Bonchev–Trinajstić information content (AvgIpc) is 3.37. The van der Waals surface area contributed by atoms with Crippen molar-refractivity contribution in [3.8, 4) is 11.3 Å². The number of hydrogen-bond acceptors (Lipinski definition) is 5. The van der Waals surface area contributed by atoms with E-state index in [1.54, 1.807) is 11.3 Å². The van der Waals surface area contributed by atoms with Crippen LogP contribution in [0.25, 0.3) is 11.3 Å². The Labute approximate surface area is 227 Å². The van der Waals surface area contributed by atoms with E-state index in [9.17, 15) is 4.79 Å². The first-order chi connectivity index (χ1) is 17.9. The van der Waals surface area contributed by atoms with Crippen molar-refractivity contribution in [2.24, 2.45) is 0 Å². The number of aromatic nitrogens is 1. The zero-order valence-corrected chi connectivity index (χ0v) is 22.8. The number of amides is 1. The molecule has 5 rings (SSSR count). The van der Waals surface area contributed by atoms with E-state index < -0.39 is 0 Å². The molecular weight excluding hydrogens is 500 g/mol. The molecule has 1 amide bonds. The number of anilines is 1. The lowest BCUT2D eigenvalue weighted by Crippen LogP contribution is -2.43. The van der Waals surface area contributed by atoms with Gasteiger partial charge in [0.2, 0.25) is 0 Å². The molecule has 0 spiro atoms. The Kier molecular flexibility index (Phi) is 8.01. The van der Waals surface area contributed by atoms with Crippen molar-refractivity contribution in [1.82, 2.24) is 14.8 Å². The highest BCUT2D eigenvalue weighted by Gasteiger charge is 2.15. The molecule has 3 aromatic carbocycles. The van der Waals surface area contributed by atoms with E-state index in [-0.39, 0.29) is 5.91 Å². The van der Waals surface area contributed by atoms with Crippen LogP contribution >= 0.6 is 22.9 Å². The van der Waals surface area contributed by atoms with Crippen molar-refractivity contribution in [2.45, 2.75) is 19.9 Å². The lowest BCUT2D eigenvalue weighted by molar-refractivity contribution is 0.102. The van der Waals surface area contributed by atoms with Crippen molar-refractivity contribution in [3.05, 3.63) is 104 Å². The van der Waals surface area contributed by atoms with Crippen molar-refractivity contribution in [1.29, 1.82) is 0 Å². The molecule has 0 unspecified atom stereocenters. The van der Waals surface area contributed by atoms with Gasteiger partial charge in [-0.2, -0.15) is 0 Å². The third-order valence-electron chi connectivity index (χ3n) is 6.86. The predicted molar refractivity (Wildman–Crippen MR) is 154 cm³/mol. The highest BCUT2D eigenvalue weighted by atomic mass is 35.5. The zero-order valence-electron chi connectivity index (χ0n) is 21.2. The Balaban J connectivity index is 1.21. The van der Waals surface area contributed by atoms with Gasteiger partial charge in [0.1, 0.15) is 0 Å². The third-order valence-corrected chi connectivity index (χ3v) is 7.96. The molecule has 2 heterocycles. The van der Waals surface area contributed by atoms with Crippen LogP contribution in [0.1, 0.15) is 32.1 Å². The molecule has 1 saturated heterocycles. The van der Waals surface area contributed by atoms with Crippen molar-refractivity contribution in [2.75, 3.05) is 38.5 Å². The van der Waals surface area contributed by atoms with Gasteiger partial charge < -0.3 is 10.2 Å². The Morgan fingerprint density at radius 2 is 1.73 bits per heavy atom. The lowest BCUT2D eigenvalue weighted by Gasteiger charge is -2.32. The minimum Gasteiger partial charge on any atom is -0.322 e. The number of nitrogens with zero attached hydrogens (tertiary/aromatic N) is 3. The number of rotatable bonds is 7. The summed E-state index contributed by atoms with van der Waals surface area (Å²) in [7, 11) is 2.17. The topological polar surface area (TPSA) is 48.5 Å². The molecule has 0 aliphatic carbocycles. The SMILES string of the molecule is Cc1ccc(NC(=O)c2ccc(CN3CCN(C)CC3)cc2)cc1Cc1nc(-c2ccc(Cl)cc2)cs1. The Hall–Kier alpha value is -3.03. The normalized spacial score (nSPS) is 14.6. The van der Waals surface area contributed by atoms with Gasteiger partial charge in [0.25, 0.3) is 5.91 Å². The second kappa shape index (κ2) is 11.6. The molecule has 0 saturated carbocycles. The van der Waals surface area contributed by atoms with Gasteiger partial charge in [-0.15, -0.1) is 11.3 Å². The molecule has 7 heteroatoms. The molecule has 1 aromatic heterocycles. The first-order valence-electron chi connectivity index (χ1n) is 12.5. The van der Waals surface area contributed by atoms with Gasteiger partial charge in [-0.05, 0) is 67.1 Å². The quantitative estimate of drug-likeness (QED) is 0.302. The zero-order chi connectivity index (χ0) is 25.8. The number of carbonyl (C=O) groups excluding carboxylic acids is 1. The molecule has 0 radical (unpaired) electrons. The molecule has 4 aromatic rings. The van der Waals surface area contributed by atoms with Crippen LogP contribution in [0.3, 0.4) is 0 Å². The van der Waals surface area contributed by atoms with E-state index in [4.69, 9.17) is 16.6 Å². The minimum atomic E-state index is -0.0970. The number of likely N-dealkylation sites (N-methyl/N-ethyl adjacent to an activating group) is 1. The van der Waals surface area contributed by atoms with Gasteiger partial charge in [-0.25, -0.2) is 4.98 Å². The maximum Gasteiger partial charge on any atom is 0.255 e. The van der Waals surface area contributed by atoms with Crippen LogP contribution in [-0.2, 0) is 13.0 Å². The molecule has 0 atom stereocenters. The average molecular weight is 531 g/mol. The van der Waals surface area contributed by atoms with Crippen molar-refractivity contribution >= 4 is 34.5 Å². The highest BCUT2D eigenvalue weighted by molar-refractivity contribution is 7.10. The molecule has 1 aliphatic rings. The van der Waals surface area contributed by atoms with Crippen LogP contribution in [0.4, 0.5) is 5.69 Å². The number of thiazole rings is 1. The van der Waals surface area contributed by atoms with Gasteiger partial charge in [-0.3, -0.25) is 9.69 Å². The van der Waals surface area contributed by atoms with Crippen LogP contribution in [0.15, 0.2) is 72.1 Å². The van der Waals surface area contributed by atoms with E-state index in [2.05, 4.69) is 58.7 Å². The summed E-state index contributed by atoms with van der Waals surface area (Å²) in [5.41, 5.74) is 7.03. The smallest absolute Gasteiger partial charge is 0.255 e. The van der Waals surface area contributed by atoms with E-state index in [0.29, 0.717) is 5.56 Å². The molecule has 37 heavy (non-hydrogen) atoms. The fourth-order valence-electron chi connectivity index (χ4n) is 4.48. The molecule has 5 nitrogen and oxygen atoms in total. The van der Waals surface area contributed by atoms with Crippen LogP contribution in [0.2, 0.25) is 5.02 Å². The number of carbonyl (C=O) groups is 1. The van der Waals surface area contributed by atoms with E-state index in [1.165, 1.54) is 11.1 Å². The molecule has 1 aliphatic heterocycles. The summed E-state index contributed by atoms with van der Waals surface area (Å²) in [6.45, 7) is 7.38. The van der Waals surface area contributed by atoms with Crippen molar-refractivity contribution < 1.29 is 4.79 Å². The number of benzene rings is 3. The molecule has 1 N–H and O–H groups in total. The number of piperazine rings is 1. The summed E-state index contributed by atoms with van der Waals surface area (Å²) in [6.07, 6.45) is 0.717. The molecule has 0 bridgehead atoms.